The van der Waals surface area contributed by atoms with Crippen LogP contribution in [0.4, 0.5) is 0 Å². The second-order valence-electron chi connectivity index (χ2n) is 3.62. The molecule has 6 nitrogen and oxygen atoms in total. The average molecular weight is 322 g/mol. The quantitative estimate of drug-likeness (QED) is 0.644. The van der Waals surface area contributed by atoms with Crippen LogP contribution in [0.3, 0.4) is 0 Å². The number of carbonyl (C=O) groups excluding carboxylic acids is 1. The van der Waals surface area contributed by atoms with E-state index in [-0.39, 0.29) is 27.9 Å². The lowest BCUT2D eigenvalue weighted by Crippen LogP contribution is -2.28. The first-order valence-electron chi connectivity index (χ1n) is 5.11. The van der Waals surface area contributed by atoms with Gasteiger partial charge in [0.1, 0.15) is 9.88 Å². The summed E-state index contributed by atoms with van der Waals surface area (Å²) >= 11 is 10.6. The van der Waals surface area contributed by atoms with E-state index in [4.69, 9.17) is 35.3 Å². The molecule has 1 amide bonds. The third-order valence-electron chi connectivity index (χ3n) is 2.17. The van der Waals surface area contributed by atoms with Gasteiger partial charge in [-0.25, -0.2) is 13.1 Å². The van der Waals surface area contributed by atoms with Crippen molar-refractivity contribution in [2.75, 3.05) is 6.54 Å². The van der Waals surface area contributed by atoms with Crippen LogP contribution >= 0.6 is 23.8 Å². The van der Waals surface area contributed by atoms with E-state index >= 15 is 0 Å². The molecule has 0 unspecified atom stereocenters. The molecule has 9 heteroatoms. The van der Waals surface area contributed by atoms with Gasteiger partial charge in [-0.1, -0.05) is 29.9 Å². The molecule has 0 fully saturated rings. The monoisotopic (exact) mass is 321 g/mol. The van der Waals surface area contributed by atoms with Crippen molar-refractivity contribution in [1.82, 2.24) is 4.72 Å². The fourth-order valence-electron chi connectivity index (χ4n) is 1.25. The molecule has 0 atom stereocenters. The van der Waals surface area contributed by atoms with Crippen molar-refractivity contribution in [3.63, 3.8) is 0 Å². The van der Waals surface area contributed by atoms with Crippen molar-refractivity contribution in [3.8, 4) is 0 Å². The number of hydrogen-bond acceptors (Lipinski definition) is 4. The summed E-state index contributed by atoms with van der Waals surface area (Å²) in [5.74, 6) is -0.606. The van der Waals surface area contributed by atoms with Gasteiger partial charge >= 0.3 is 0 Å². The Morgan fingerprint density at radius 1 is 1.37 bits per heavy atom. The Labute approximate surface area is 121 Å². The zero-order valence-electron chi connectivity index (χ0n) is 9.72. The van der Waals surface area contributed by atoms with Crippen LogP contribution in [-0.4, -0.2) is 25.9 Å². The molecular weight excluding hydrogens is 310 g/mol. The van der Waals surface area contributed by atoms with Gasteiger partial charge in [0, 0.05) is 18.5 Å². The molecule has 0 aliphatic heterocycles. The number of benzene rings is 1. The Hall–Kier alpha value is -1.22. The van der Waals surface area contributed by atoms with Crippen LogP contribution in [0.15, 0.2) is 23.1 Å². The number of rotatable bonds is 6. The second-order valence-corrected chi connectivity index (χ2v) is 6.21. The second kappa shape index (κ2) is 6.29. The summed E-state index contributed by atoms with van der Waals surface area (Å²) in [6.07, 6.45) is -0.105. The number of nitrogens with two attached hydrogens (primary N) is 2. The van der Waals surface area contributed by atoms with Gasteiger partial charge in [0.05, 0.1) is 5.02 Å². The van der Waals surface area contributed by atoms with Crippen LogP contribution in [0.5, 0.6) is 0 Å². The van der Waals surface area contributed by atoms with Crippen molar-refractivity contribution >= 4 is 44.7 Å². The maximum Gasteiger partial charge on any atom is 0.242 e. The number of halogens is 1. The highest BCUT2D eigenvalue weighted by atomic mass is 35.5. The van der Waals surface area contributed by atoms with E-state index in [1.165, 1.54) is 18.2 Å². The fourth-order valence-corrected chi connectivity index (χ4v) is 2.93. The average Bonchev–Trinajstić information content (AvgIpc) is 2.28. The molecule has 0 aromatic heterocycles. The highest BCUT2D eigenvalue weighted by Crippen LogP contribution is 2.22. The van der Waals surface area contributed by atoms with Gasteiger partial charge in [0.25, 0.3) is 0 Å². The van der Waals surface area contributed by atoms with E-state index in [0.717, 1.165) is 0 Å². The van der Waals surface area contributed by atoms with Crippen LogP contribution in [-0.2, 0) is 14.8 Å². The Kier molecular flexibility index (Phi) is 5.24. The third kappa shape index (κ3) is 4.43. The summed E-state index contributed by atoms with van der Waals surface area (Å²) in [4.78, 5) is 10.5. The molecule has 104 valence electrons. The predicted octanol–water partition coefficient (Wildman–Crippen LogP) is 0.128. The molecule has 0 radical (unpaired) electrons. The summed E-state index contributed by atoms with van der Waals surface area (Å²) in [7, 11) is -3.85. The largest absolute Gasteiger partial charge is 0.389 e. The molecule has 1 aromatic carbocycles. The molecule has 1 rings (SSSR count). The van der Waals surface area contributed by atoms with E-state index in [9.17, 15) is 13.2 Å². The standard InChI is InChI=1S/C10H12ClN3O3S2/c11-7-2-1-6(10(13)18)5-8(7)19(16,17)14-4-3-9(12)15/h1-2,5,14H,3-4H2,(H2,12,15)(H2,13,18). The van der Waals surface area contributed by atoms with Crippen molar-refractivity contribution in [1.29, 1.82) is 0 Å². The Morgan fingerprint density at radius 2 is 2.00 bits per heavy atom. The van der Waals surface area contributed by atoms with Gasteiger partial charge in [0.2, 0.25) is 15.9 Å². The van der Waals surface area contributed by atoms with Crippen LogP contribution in [0.2, 0.25) is 5.02 Å². The Bertz CT molecular complexity index is 616. The molecule has 0 bridgehead atoms. The topological polar surface area (TPSA) is 115 Å². The van der Waals surface area contributed by atoms with Crippen molar-refractivity contribution in [3.05, 3.63) is 28.8 Å². The third-order valence-corrected chi connectivity index (χ3v) is 4.35. The van der Waals surface area contributed by atoms with Gasteiger partial charge in [-0.3, -0.25) is 4.79 Å². The van der Waals surface area contributed by atoms with E-state index in [0.29, 0.717) is 5.56 Å². The summed E-state index contributed by atoms with van der Waals surface area (Å²) < 4.78 is 26.2. The molecule has 0 spiro atoms. The fraction of sp³-hybridized carbons (Fsp3) is 0.200. The minimum Gasteiger partial charge on any atom is -0.389 e. The van der Waals surface area contributed by atoms with Crippen molar-refractivity contribution in [2.24, 2.45) is 11.5 Å². The van der Waals surface area contributed by atoms with Gasteiger partial charge in [-0.05, 0) is 12.1 Å². The summed E-state index contributed by atoms with van der Waals surface area (Å²) in [5.41, 5.74) is 10.7. The molecule has 0 heterocycles. The lowest BCUT2D eigenvalue weighted by atomic mass is 10.2. The smallest absolute Gasteiger partial charge is 0.242 e. The van der Waals surface area contributed by atoms with Gasteiger partial charge in [-0.15, -0.1) is 0 Å². The van der Waals surface area contributed by atoms with Crippen molar-refractivity contribution < 1.29 is 13.2 Å². The number of primary amides is 1. The number of thiocarbonyl (C=S) groups is 1. The van der Waals surface area contributed by atoms with E-state index < -0.39 is 15.9 Å². The van der Waals surface area contributed by atoms with Crippen LogP contribution in [0.25, 0.3) is 0 Å². The number of hydrogen-bond donors (Lipinski definition) is 3. The number of carbonyl (C=O) groups is 1. The van der Waals surface area contributed by atoms with Crippen LogP contribution in [0.1, 0.15) is 12.0 Å². The first-order chi connectivity index (χ1) is 8.74. The maximum absolute atomic E-state index is 12.0. The highest BCUT2D eigenvalue weighted by Gasteiger charge is 2.18. The normalized spacial score (nSPS) is 11.2. The van der Waals surface area contributed by atoms with Crippen LogP contribution in [0, 0.1) is 0 Å². The Morgan fingerprint density at radius 3 is 2.53 bits per heavy atom. The summed E-state index contributed by atoms with van der Waals surface area (Å²) in [6, 6.07) is 4.18. The minimum absolute atomic E-state index is 0.0339. The molecule has 0 aliphatic carbocycles. The predicted molar refractivity (Wildman–Crippen MR) is 76.3 cm³/mol. The zero-order chi connectivity index (χ0) is 14.6. The zero-order valence-corrected chi connectivity index (χ0v) is 12.1. The maximum atomic E-state index is 12.0. The molecule has 5 N–H and O–H groups in total. The highest BCUT2D eigenvalue weighted by molar-refractivity contribution is 7.89. The number of amides is 1. The SMILES string of the molecule is NC(=O)CCNS(=O)(=O)c1cc(C(N)=S)ccc1Cl. The van der Waals surface area contributed by atoms with E-state index in [1.807, 2.05) is 0 Å². The van der Waals surface area contributed by atoms with E-state index in [1.54, 1.807) is 0 Å². The first kappa shape index (κ1) is 15.8. The first-order valence-corrected chi connectivity index (χ1v) is 7.38. The number of nitrogens with one attached hydrogen (secondary N) is 1. The molecule has 19 heavy (non-hydrogen) atoms. The molecule has 1 aromatic rings. The van der Waals surface area contributed by atoms with Gasteiger partial charge in [0.15, 0.2) is 0 Å². The molecular formula is C10H12ClN3O3S2. The van der Waals surface area contributed by atoms with Gasteiger partial charge in [-0.2, -0.15) is 0 Å². The lowest BCUT2D eigenvalue weighted by Gasteiger charge is -2.09. The minimum atomic E-state index is -3.85. The molecule has 0 saturated carbocycles. The number of sulfonamides is 1. The lowest BCUT2D eigenvalue weighted by molar-refractivity contribution is -0.117. The van der Waals surface area contributed by atoms with E-state index in [2.05, 4.69) is 4.72 Å². The summed E-state index contributed by atoms with van der Waals surface area (Å²) in [5, 5.41) is 0.0339. The summed E-state index contributed by atoms with van der Waals surface area (Å²) in [6.45, 7) is -0.106. The van der Waals surface area contributed by atoms with Gasteiger partial charge < -0.3 is 11.5 Å². The Balaban J connectivity index is 3.03. The molecule has 0 aliphatic rings. The van der Waals surface area contributed by atoms with Crippen molar-refractivity contribution in [2.45, 2.75) is 11.3 Å². The van der Waals surface area contributed by atoms with Crippen LogP contribution < -0.4 is 16.2 Å². The molecule has 0 saturated heterocycles.